The van der Waals surface area contributed by atoms with Crippen molar-refractivity contribution >= 4 is 34.8 Å². The van der Waals surface area contributed by atoms with Crippen molar-refractivity contribution in [3.8, 4) is 11.5 Å². The van der Waals surface area contributed by atoms with Gasteiger partial charge in [0.15, 0.2) is 5.82 Å². The topological polar surface area (TPSA) is 46.3 Å². The highest BCUT2D eigenvalue weighted by molar-refractivity contribution is 7.98. The lowest BCUT2D eigenvalue weighted by Crippen LogP contribution is -2.36. The van der Waals surface area contributed by atoms with Crippen molar-refractivity contribution in [2.45, 2.75) is 12.8 Å². The van der Waals surface area contributed by atoms with Crippen LogP contribution in [0.3, 0.4) is 0 Å². The first-order valence-electron chi connectivity index (χ1n) is 8.44. The van der Waals surface area contributed by atoms with Gasteiger partial charge in [0.2, 0.25) is 0 Å². The molecule has 4 heterocycles. The Bertz CT molecular complexity index is 879. The van der Waals surface area contributed by atoms with E-state index in [1.165, 1.54) is 18.6 Å². The number of rotatable bonds is 4. The molecule has 1 atom stereocenters. The molecule has 3 aromatic rings. The third-order valence-electron chi connectivity index (χ3n) is 4.58. The predicted octanol–water partition coefficient (Wildman–Crippen LogP) is 4.02. The number of piperidine rings is 1. The molecule has 4 rings (SSSR count). The van der Waals surface area contributed by atoms with E-state index in [1.54, 1.807) is 6.20 Å². The fraction of sp³-hybridized carbons (Fsp3) is 0.389. The minimum Gasteiger partial charge on any atom is -0.356 e. The van der Waals surface area contributed by atoms with Crippen LogP contribution >= 0.6 is 23.4 Å². The van der Waals surface area contributed by atoms with Gasteiger partial charge < -0.3 is 4.90 Å². The van der Waals surface area contributed by atoms with Crippen LogP contribution in [0.1, 0.15) is 12.8 Å². The number of thioether (sulfide) groups is 1. The molecule has 0 radical (unpaired) electrons. The number of aromatic nitrogens is 4. The molecule has 0 N–H and O–H groups in total. The maximum atomic E-state index is 6.13. The van der Waals surface area contributed by atoms with E-state index in [4.69, 9.17) is 16.6 Å². The summed E-state index contributed by atoms with van der Waals surface area (Å²) in [5, 5.41) is 0.666. The van der Waals surface area contributed by atoms with E-state index >= 15 is 0 Å². The van der Waals surface area contributed by atoms with Crippen molar-refractivity contribution in [3.63, 3.8) is 0 Å². The van der Waals surface area contributed by atoms with E-state index < -0.39 is 0 Å². The van der Waals surface area contributed by atoms with Crippen molar-refractivity contribution in [2.75, 3.05) is 30.0 Å². The molecule has 1 aliphatic heterocycles. The standard InChI is InChI=1S/C18H20ClN5S/c1-25-12-13-3-2-8-23(10-13)17-6-7-20-18(22-17)15-9-21-16-5-4-14(19)11-24(15)16/h4-7,9,11,13H,2-3,8,10,12H2,1H3. The SMILES string of the molecule is CSCC1CCCN(c2ccnc(-c3cnc4ccc(Cl)cn34)n2)C1. The first kappa shape index (κ1) is 16.7. The maximum absolute atomic E-state index is 6.13. The van der Waals surface area contributed by atoms with E-state index in [2.05, 4.69) is 21.1 Å². The Balaban J connectivity index is 1.66. The average Bonchev–Trinajstić information content (AvgIpc) is 3.05. The van der Waals surface area contributed by atoms with Crippen molar-refractivity contribution < 1.29 is 0 Å². The number of halogens is 1. The summed E-state index contributed by atoms with van der Waals surface area (Å²) in [6, 6.07) is 5.74. The summed E-state index contributed by atoms with van der Waals surface area (Å²) in [7, 11) is 0. The Morgan fingerprint density at radius 1 is 1.28 bits per heavy atom. The third-order valence-corrected chi connectivity index (χ3v) is 5.61. The highest BCUT2D eigenvalue weighted by Gasteiger charge is 2.21. The quantitative estimate of drug-likeness (QED) is 0.691. The molecule has 130 valence electrons. The highest BCUT2D eigenvalue weighted by atomic mass is 35.5. The molecule has 0 aromatic carbocycles. The van der Waals surface area contributed by atoms with Gasteiger partial charge in [-0.1, -0.05) is 11.6 Å². The smallest absolute Gasteiger partial charge is 0.180 e. The summed E-state index contributed by atoms with van der Waals surface area (Å²) in [5.74, 6) is 3.61. The van der Waals surface area contributed by atoms with Crippen LogP contribution in [0, 0.1) is 5.92 Å². The minimum absolute atomic E-state index is 0.666. The molecule has 25 heavy (non-hydrogen) atoms. The van der Waals surface area contributed by atoms with Crippen LogP contribution in [0.25, 0.3) is 17.2 Å². The molecule has 1 fully saturated rings. The van der Waals surface area contributed by atoms with Gasteiger partial charge in [-0.2, -0.15) is 11.8 Å². The second kappa shape index (κ2) is 7.22. The van der Waals surface area contributed by atoms with Crippen LogP contribution in [0.4, 0.5) is 5.82 Å². The summed E-state index contributed by atoms with van der Waals surface area (Å²) in [6.07, 6.45) is 10.2. The van der Waals surface area contributed by atoms with Crippen molar-refractivity contribution in [3.05, 3.63) is 41.8 Å². The van der Waals surface area contributed by atoms with Crippen molar-refractivity contribution in [1.82, 2.24) is 19.4 Å². The van der Waals surface area contributed by atoms with Crippen molar-refractivity contribution in [2.24, 2.45) is 5.92 Å². The van der Waals surface area contributed by atoms with Gasteiger partial charge in [0.05, 0.1) is 11.2 Å². The Hall–Kier alpha value is -1.79. The molecule has 7 heteroatoms. The molecule has 1 saturated heterocycles. The van der Waals surface area contributed by atoms with Gasteiger partial charge in [-0.25, -0.2) is 15.0 Å². The molecular formula is C18H20ClN5S. The summed E-state index contributed by atoms with van der Waals surface area (Å²) in [4.78, 5) is 16.1. The van der Waals surface area contributed by atoms with Gasteiger partial charge in [0.25, 0.3) is 0 Å². The number of anilines is 1. The lowest BCUT2D eigenvalue weighted by molar-refractivity contribution is 0.451. The van der Waals surface area contributed by atoms with Crippen LogP contribution in [0.5, 0.6) is 0 Å². The summed E-state index contributed by atoms with van der Waals surface area (Å²) in [5.41, 5.74) is 1.70. The highest BCUT2D eigenvalue weighted by Crippen LogP contribution is 2.26. The summed E-state index contributed by atoms with van der Waals surface area (Å²) < 4.78 is 1.94. The van der Waals surface area contributed by atoms with E-state index in [1.807, 2.05) is 46.8 Å². The number of fused-ring (bicyclic) bond motifs is 1. The van der Waals surface area contributed by atoms with Gasteiger partial charge in [-0.3, -0.25) is 4.40 Å². The fourth-order valence-corrected chi connectivity index (χ4v) is 4.32. The van der Waals surface area contributed by atoms with E-state index in [-0.39, 0.29) is 0 Å². The summed E-state index contributed by atoms with van der Waals surface area (Å²) >= 11 is 8.06. The zero-order valence-electron chi connectivity index (χ0n) is 14.1. The molecule has 0 amide bonds. The molecule has 5 nitrogen and oxygen atoms in total. The number of hydrogen-bond acceptors (Lipinski definition) is 5. The van der Waals surface area contributed by atoms with E-state index in [0.717, 1.165) is 36.2 Å². The van der Waals surface area contributed by atoms with Gasteiger partial charge in [0, 0.05) is 25.5 Å². The zero-order valence-corrected chi connectivity index (χ0v) is 15.7. The predicted molar refractivity (Wildman–Crippen MR) is 105 cm³/mol. The number of nitrogens with zero attached hydrogens (tertiary/aromatic N) is 5. The van der Waals surface area contributed by atoms with Gasteiger partial charge in [-0.15, -0.1) is 0 Å². The Labute approximate surface area is 156 Å². The Morgan fingerprint density at radius 2 is 2.20 bits per heavy atom. The van der Waals surface area contributed by atoms with Gasteiger partial charge >= 0.3 is 0 Å². The molecular weight excluding hydrogens is 354 g/mol. The van der Waals surface area contributed by atoms with Crippen LogP contribution in [-0.2, 0) is 0 Å². The molecule has 0 spiro atoms. The van der Waals surface area contributed by atoms with Crippen LogP contribution in [0.2, 0.25) is 5.02 Å². The lowest BCUT2D eigenvalue weighted by atomic mass is 10.0. The zero-order chi connectivity index (χ0) is 17.2. The number of imidazole rings is 1. The Morgan fingerprint density at radius 3 is 3.08 bits per heavy atom. The first-order chi connectivity index (χ1) is 12.2. The second-order valence-corrected chi connectivity index (χ2v) is 7.71. The monoisotopic (exact) mass is 373 g/mol. The van der Waals surface area contributed by atoms with Crippen LogP contribution < -0.4 is 4.90 Å². The molecule has 0 saturated carbocycles. The fourth-order valence-electron chi connectivity index (χ4n) is 3.41. The Kier molecular flexibility index (Phi) is 4.81. The molecule has 0 aliphatic carbocycles. The molecule has 3 aromatic heterocycles. The largest absolute Gasteiger partial charge is 0.356 e. The normalized spacial score (nSPS) is 18.0. The van der Waals surface area contributed by atoms with Gasteiger partial charge in [-0.05, 0) is 49.0 Å². The van der Waals surface area contributed by atoms with E-state index in [9.17, 15) is 0 Å². The first-order valence-corrected chi connectivity index (χ1v) is 10.2. The van der Waals surface area contributed by atoms with Crippen molar-refractivity contribution in [1.29, 1.82) is 0 Å². The van der Waals surface area contributed by atoms with Crippen LogP contribution in [-0.4, -0.2) is 44.5 Å². The average molecular weight is 374 g/mol. The lowest BCUT2D eigenvalue weighted by Gasteiger charge is -2.33. The van der Waals surface area contributed by atoms with E-state index in [0.29, 0.717) is 10.8 Å². The van der Waals surface area contributed by atoms with Crippen LogP contribution in [0.15, 0.2) is 36.8 Å². The number of hydrogen-bond donors (Lipinski definition) is 0. The molecule has 0 bridgehead atoms. The second-order valence-electron chi connectivity index (χ2n) is 6.37. The number of pyridine rings is 1. The third kappa shape index (κ3) is 3.46. The molecule has 1 unspecified atom stereocenters. The molecule has 1 aliphatic rings. The van der Waals surface area contributed by atoms with Gasteiger partial charge in [0.1, 0.15) is 17.2 Å². The summed E-state index contributed by atoms with van der Waals surface area (Å²) in [6.45, 7) is 2.12. The minimum atomic E-state index is 0.666. The maximum Gasteiger partial charge on any atom is 0.180 e.